The molecule has 36 heavy (non-hydrogen) atoms. The average molecular weight is 524 g/mol. The van der Waals surface area contributed by atoms with Gasteiger partial charge in [-0.25, -0.2) is 18.1 Å². The number of pyridine rings is 1. The van der Waals surface area contributed by atoms with Crippen molar-refractivity contribution in [1.29, 1.82) is 5.26 Å². The van der Waals surface area contributed by atoms with Crippen molar-refractivity contribution in [2.75, 3.05) is 5.75 Å². The van der Waals surface area contributed by atoms with Crippen molar-refractivity contribution >= 4 is 31.6 Å². The van der Waals surface area contributed by atoms with Gasteiger partial charge in [-0.1, -0.05) is 13.0 Å². The molecule has 0 atom stereocenters. The number of halogens is 5. The number of sulfone groups is 1. The van der Waals surface area contributed by atoms with Crippen LogP contribution in [0, 0.1) is 11.3 Å². The maximum atomic E-state index is 13.5. The monoisotopic (exact) mass is 524 g/mol. The third-order valence-electron chi connectivity index (χ3n) is 6.31. The summed E-state index contributed by atoms with van der Waals surface area (Å²) in [6.07, 6.45) is -2.30. The van der Waals surface area contributed by atoms with Gasteiger partial charge in [-0.05, 0) is 36.6 Å². The third kappa shape index (κ3) is 3.69. The molecule has 3 heterocycles. The molecule has 1 aliphatic carbocycles. The Balaban J connectivity index is 1.64. The zero-order chi connectivity index (χ0) is 26.1. The van der Waals surface area contributed by atoms with E-state index in [-0.39, 0.29) is 27.5 Å². The molecule has 1 saturated carbocycles. The smallest absolute Gasteiger partial charge is 0.257 e. The van der Waals surface area contributed by atoms with Crippen LogP contribution in [0.4, 0.5) is 22.0 Å². The van der Waals surface area contributed by atoms with Crippen LogP contribution in [-0.2, 0) is 21.8 Å². The van der Waals surface area contributed by atoms with Gasteiger partial charge < -0.3 is 0 Å². The van der Waals surface area contributed by atoms with Crippen molar-refractivity contribution in [2.24, 2.45) is 0 Å². The highest BCUT2D eigenvalue weighted by Gasteiger charge is 2.58. The second-order valence-electron chi connectivity index (χ2n) is 8.65. The van der Waals surface area contributed by atoms with Gasteiger partial charge in [0.2, 0.25) is 0 Å². The van der Waals surface area contributed by atoms with Crippen molar-refractivity contribution in [3.63, 3.8) is 0 Å². The molecule has 0 amide bonds. The lowest BCUT2D eigenvalue weighted by Gasteiger charge is -2.19. The lowest BCUT2D eigenvalue weighted by atomic mass is 9.97. The van der Waals surface area contributed by atoms with Gasteiger partial charge >= 0.3 is 12.1 Å². The Bertz CT molecular complexity index is 1660. The fraction of sp³-hybridized carbons (Fsp3) is 0.364. The molecule has 0 spiro atoms. The molecule has 5 rings (SSSR count). The van der Waals surface area contributed by atoms with Crippen LogP contribution in [0.2, 0.25) is 0 Å². The van der Waals surface area contributed by atoms with Gasteiger partial charge in [-0.2, -0.15) is 37.4 Å². The van der Waals surface area contributed by atoms with Crippen LogP contribution < -0.4 is 0 Å². The lowest BCUT2D eigenvalue weighted by Crippen LogP contribution is -2.40. The van der Waals surface area contributed by atoms with E-state index < -0.39 is 33.9 Å². The van der Waals surface area contributed by atoms with E-state index in [1.54, 1.807) is 18.2 Å². The first-order valence-electron chi connectivity index (χ1n) is 10.8. The topological polar surface area (TPSA) is 106 Å². The van der Waals surface area contributed by atoms with E-state index >= 15 is 0 Å². The number of benzene rings is 1. The molecular weight excluding hydrogens is 507 g/mol. The summed E-state index contributed by atoms with van der Waals surface area (Å²) < 4.78 is 92.7. The van der Waals surface area contributed by atoms with Gasteiger partial charge in [-0.15, -0.1) is 0 Å². The van der Waals surface area contributed by atoms with E-state index in [2.05, 4.69) is 21.3 Å². The number of hydrogen-bond acceptors (Lipinski definition) is 6. The van der Waals surface area contributed by atoms with Gasteiger partial charge in [0.15, 0.2) is 20.7 Å². The van der Waals surface area contributed by atoms with E-state index in [4.69, 9.17) is 0 Å². The molecule has 1 fully saturated rings. The second kappa shape index (κ2) is 7.70. The number of aromatic nitrogens is 5. The summed E-state index contributed by atoms with van der Waals surface area (Å²) in [6.45, 7) is -0.271. The minimum absolute atomic E-state index is 0.0100. The molecule has 0 bridgehead atoms. The number of nitrogens with zero attached hydrogens (tertiary/aromatic N) is 6. The Morgan fingerprint density at radius 1 is 1.14 bits per heavy atom. The Labute approximate surface area is 200 Å². The number of fused-ring (bicyclic) bond motifs is 2. The first kappa shape index (κ1) is 24.1. The molecule has 0 unspecified atom stereocenters. The number of alkyl halides is 5. The Morgan fingerprint density at radius 2 is 1.86 bits per heavy atom. The Hall–Kier alpha value is -3.60. The minimum atomic E-state index is -5.75. The highest BCUT2D eigenvalue weighted by atomic mass is 32.2. The first-order chi connectivity index (χ1) is 16.8. The molecule has 8 nitrogen and oxygen atoms in total. The third-order valence-corrected chi connectivity index (χ3v) is 8.05. The quantitative estimate of drug-likeness (QED) is 0.348. The molecule has 14 heteroatoms. The zero-order valence-corrected chi connectivity index (χ0v) is 19.4. The molecule has 188 valence electrons. The van der Waals surface area contributed by atoms with Crippen LogP contribution in [0.5, 0.6) is 0 Å². The number of hydrogen-bond donors (Lipinski definition) is 0. The van der Waals surface area contributed by atoms with Crippen molar-refractivity contribution in [3.05, 3.63) is 42.2 Å². The highest BCUT2D eigenvalue weighted by Crippen LogP contribution is 2.48. The molecular formula is C22H17F5N6O2S. The predicted octanol–water partition coefficient (Wildman–Crippen LogP) is 4.32. The standard InChI is InChI=1S/C22H17F5N6O2S/c1-2-36(34,35)19-15-8-14(20(11-28)5-6-20)3-4-16(15)31-33(19)18-7-13-9-30-32(17(13)10-29-18)12-21(23,24)22(25,26)27/h3-4,7-10H,2,5-6,12H2,1H3. The van der Waals surface area contributed by atoms with Crippen molar-refractivity contribution < 1.29 is 30.4 Å². The molecule has 4 aromatic rings. The van der Waals surface area contributed by atoms with Crippen LogP contribution in [0.1, 0.15) is 25.3 Å². The van der Waals surface area contributed by atoms with E-state index in [9.17, 15) is 35.6 Å². The van der Waals surface area contributed by atoms with Gasteiger partial charge in [0.1, 0.15) is 6.54 Å². The van der Waals surface area contributed by atoms with E-state index in [0.29, 0.717) is 34.0 Å². The lowest BCUT2D eigenvalue weighted by molar-refractivity contribution is -0.287. The van der Waals surface area contributed by atoms with Gasteiger partial charge in [0.05, 0.1) is 40.7 Å². The minimum Gasteiger partial charge on any atom is -0.257 e. The van der Waals surface area contributed by atoms with Gasteiger partial charge in [-0.3, -0.25) is 4.68 Å². The van der Waals surface area contributed by atoms with Crippen LogP contribution in [-0.4, -0.2) is 50.8 Å². The molecule has 1 aromatic carbocycles. The van der Waals surface area contributed by atoms with Crippen LogP contribution >= 0.6 is 0 Å². The van der Waals surface area contributed by atoms with Crippen molar-refractivity contribution in [1.82, 2.24) is 24.5 Å². The summed E-state index contributed by atoms with van der Waals surface area (Å²) >= 11 is 0. The fourth-order valence-corrected chi connectivity index (χ4v) is 5.20. The first-order valence-corrected chi connectivity index (χ1v) is 12.4. The summed E-state index contributed by atoms with van der Waals surface area (Å²) in [7, 11) is -3.86. The normalized spacial score (nSPS) is 15.9. The van der Waals surface area contributed by atoms with Crippen LogP contribution in [0.15, 0.2) is 41.7 Å². The summed E-state index contributed by atoms with van der Waals surface area (Å²) in [4.78, 5) is 4.10. The molecule has 0 saturated heterocycles. The summed E-state index contributed by atoms with van der Waals surface area (Å²) in [5.41, 5.74) is 0.265. The summed E-state index contributed by atoms with van der Waals surface area (Å²) in [6, 6.07) is 8.55. The Morgan fingerprint density at radius 3 is 2.47 bits per heavy atom. The van der Waals surface area contributed by atoms with Crippen LogP contribution in [0.25, 0.3) is 27.6 Å². The number of rotatable bonds is 6. The molecule has 0 radical (unpaired) electrons. The van der Waals surface area contributed by atoms with Crippen LogP contribution in [0.3, 0.4) is 0 Å². The average Bonchev–Trinajstić information content (AvgIpc) is 3.38. The fourth-order valence-electron chi connectivity index (χ4n) is 4.03. The maximum Gasteiger partial charge on any atom is 0.455 e. The van der Waals surface area contributed by atoms with Crippen molar-refractivity contribution in [2.45, 2.75) is 48.8 Å². The second-order valence-corrected chi connectivity index (χ2v) is 10.8. The molecule has 1 aliphatic rings. The Kier molecular flexibility index (Phi) is 5.16. The van der Waals surface area contributed by atoms with Crippen molar-refractivity contribution in [3.8, 4) is 11.9 Å². The van der Waals surface area contributed by atoms with Gasteiger partial charge in [0, 0.05) is 10.8 Å². The van der Waals surface area contributed by atoms with E-state index in [1.165, 1.54) is 13.0 Å². The predicted molar refractivity (Wildman–Crippen MR) is 117 cm³/mol. The van der Waals surface area contributed by atoms with Gasteiger partial charge in [0.25, 0.3) is 0 Å². The largest absolute Gasteiger partial charge is 0.455 e. The zero-order valence-electron chi connectivity index (χ0n) is 18.6. The summed E-state index contributed by atoms with van der Waals surface area (Å²) in [5.74, 6) is -5.25. The SMILES string of the molecule is CCS(=O)(=O)c1c2cc(C3(C#N)CC3)ccc2nn1-c1cc2cnn(CC(F)(F)C(F)(F)F)c2cn1. The highest BCUT2D eigenvalue weighted by molar-refractivity contribution is 7.91. The van der Waals surface area contributed by atoms with E-state index in [0.717, 1.165) is 17.1 Å². The molecule has 0 N–H and O–H groups in total. The number of nitriles is 1. The molecule has 0 aliphatic heterocycles. The summed E-state index contributed by atoms with van der Waals surface area (Å²) in [5, 5.41) is 17.9. The van der Waals surface area contributed by atoms with E-state index in [1.807, 2.05) is 0 Å². The maximum absolute atomic E-state index is 13.5. The molecule has 3 aromatic heterocycles.